The van der Waals surface area contributed by atoms with Crippen molar-refractivity contribution in [3.63, 3.8) is 0 Å². The molecule has 0 rings (SSSR count). The molecule has 0 saturated heterocycles. The van der Waals surface area contributed by atoms with Crippen LogP contribution in [0.25, 0.3) is 0 Å². The van der Waals surface area contributed by atoms with Crippen LogP contribution < -0.4 is 18.0 Å². The lowest BCUT2D eigenvalue weighted by Crippen LogP contribution is -2.30. The van der Waals surface area contributed by atoms with Crippen molar-refractivity contribution in [2.75, 3.05) is 12.0 Å². The van der Waals surface area contributed by atoms with Gasteiger partial charge in [0.1, 0.15) is 6.04 Å². The van der Waals surface area contributed by atoms with Gasteiger partial charge in [0.25, 0.3) is 5.97 Å². The highest BCUT2D eigenvalue weighted by atomic mass is 32.3. The second-order valence-corrected chi connectivity index (χ2v) is 4.46. The van der Waals surface area contributed by atoms with E-state index in [9.17, 15) is 4.79 Å². The molecular weight excluding hydrogens is 318 g/mol. The number of aliphatic carboxylic acids is 2. The van der Waals surface area contributed by atoms with Crippen molar-refractivity contribution >= 4 is 34.1 Å². The predicted octanol–water partition coefficient (Wildman–Crippen LogP) is -0.343. The first kappa shape index (κ1) is 31.4. The molecule has 20 heavy (non-hydrogen) atoms. The molecule has 1 atom stereocenters. The maximum atomic E-state index is 10.1. The monoisotopic (exact) mass is 341 g/mol. The van der Waals surface area contributed by atoms with Crippen LogP contribution in [0.1, 0.15) is 13.3 Å². The van der Waals surface area contributed by atoms with E-state index in [1.54, 1.807) is 11.8 Å². The van der Waals surface area contributed by atoms with Crippen molar-refractivity contribution in [2.24, 2.45) is 5.73 Å². The molecule has 0 amide bonds. The average molecular weight is 341 g/mol. The van der Waals surface area contributed by atoms with Gasteiger partial charge in [-0.3, -0.25) is 18.0 Å². The van der Waals surface area contributed by atoms with Crippen LogP contribution in [0.15, 0.2) is 0 Å². The maximum Gasteiger partial charge on any atom is 0.320 e. The summed E-state index contributed by atoms with van der Waals surface area (Å²) >= 11 is 1.60. The van der Waals surface area contributed by atoms with E-state index in [-0.39, 0.29) is 12.3 Å². The second kappa shape index (κ2) is 18.0. The molecule has 0 aromatic rings. The highest BCUT2D eigenvalue weighted by Crippen LogP contribution is 1.97. The molecule has 126 valence electrons. The molecule has 0 aromatic carbocycles. The number of carboxylic acid groups (broad SMARTS) is 2. The van der Waals surface area contributed by atoms with Crippen LogP contribution in [-0.2, 0) is 20.0 Å². The first-order chi connectivity index (χ1) is 7.91. The van der Waals surface area contributed by atoms with Gasteiger partial charge in [-0.15, -0.1) is 0 Å². The molecule has 0 spiro atoms. The van der Waals surface area contributed by atoms with E-state index in [1.807, 2.05) is 6.26 Å². The highest BCUT2D eigenvalue weighted by molar-refractivity contribution is 7.98. The summed E-state index contributed by atoms with van der Waals surface area (Å²) < 4.78 is 34.1. The zero-order chi connectivity index (χ0) is 15.4. The summed E-state index contributed by atoms with van der Waals surface area (Å²) in [6.07, 6.45) is 2.48. The van der Waals surface area contributed by atoms with Crippen LogP contribution in [0, 0.1) is 0 Å². The van der Waals surface area contributed by atoms with Gasteiger partial charge in [0.05, 0.1) is 0 Å². The Labute approximate surface area is 121 Å². The van der Waals surface area contributed by atoms with Crippen LogP contribution in [0.2, 0.25) is 0 Å². The van der Waals surface area contributed by atoms with Crippen LogP contribution in [0.3, 0.4) is 0 Å². The molecule has 0 fully saturated rings. The second-order valence-electron chi connectivity index (χ2n) is 2.65. The van der Waals surface area contributed by atoms with Gasteiger partial charge in [0.15, 0.2) is 0 Å². The first-order valence-electron chi connectivity index (χ1n) is 4.25. The van der Waals surface area contributed by atoms with E-state index in [0.29, 0.717) is 6.42 Å². The molecule has 0 heterocycles. The van der Waals surface area contributed by atoms with Crippen LogP contribution in [0.5, 0.6) is 0 Å². The Morgan fingerprint density at radius 1 is 1.25 bits per heavy atom. The minimum Gasteiger partial charge on any atom is -0.759 e. The third-order valence-corrected chi connectivity index (χ3v) is 1.59. The Hall–Kier alpha value is -0.960. The fraction of sp³-hybridized carbons (Fsp3) is 0.714. The lowest BCUT2D eigenvalue weighted by Gasteiger charge is -2.06. The molecule has 0 saturated carbocycles. The number of carbonyl (C=O) groups is 2. The number of nitrogens with two attached hydrogens (primary N) is 1. The fourth-order valence-corrected chi connectivity index (χ4v) is 0.858. The largest absolute Gasteiger partial charge is 0.759 e. The molecule has 0 aliphatic heterocycles. The van der Waals surface area contributed by atoms with Crippen molar-refractivity contribution < 1.29 is 37.3 Å². The molecule has 11 nitrogen and oxygen atoms in total. The van der Waals surface area contributed by atoms with E-state index in [2.05, 4.69) is 0 Å². The van der Waals surface area contributed by atoms with Crippen LogP contribution in [-0.4, -0.2) is 57.7 Å². The predicted molar refractivity (Wildman–Crippen MR) is 74.4 cm³/mol. The molecule has 0 aliphatic carbocycles. The van der Waals surface area contributed by atoms with E-state index >= 15 is 0 Å². The molecule has 0 aliphatic rings. The van der Waals surface area contributed by atoms with Gasteiger partial charge in [-0.05, 0) is 18.4 Å². The summed E-state index contributed by atoms with van der Waals surface area (Å²) in [6, 6.07) is -0.683. The topological polar surface area (TPSA) is 254 Å². The SMILES string of the molecule is CC(=O)O.CSCCC(N)C(=O)O.O=S(=O)([O-])[O-].[NH4+].[NH4+]. The summed E-state index contributed by atoms with van der Waals surface area (Å²) in [5, 5.41) is 15.7. The number of quaternary nitrogens is 2. The Morgan fingerprint density at radius 2 is 1.50 bits per heavy atom. The van der Waals surface area contributed by atoms with Crippen molar-refractivity contribution in [3.05, 3.63) is 0 Å². The van der Waals surface area contributed by atoms with Crippen molar-refractivity contribution in [1.29, 1.82) is 0 Å². The number of carboxylic acids is 2. The van der Waals surface area contributed by atoms with E-state index < -0.39 is 28.4 Å². The summed E-state index contributed by atoms with van der Waals surface area (Å²) in [5.74, 6) is -0.933. The standard InChI is InChI=1S/C5H11NO2S.C2H4O2.2H3N.H2O4S/c1-9-3-2-4(6)5(7)8;1-2(3)4;;;1-5(2,3)4/h4H,2-3,6H2,1H3,(H,7,8);1H3,(H,3,4);2*1H3;(H2,1,2,3,4). The summed E-state index contributed by atoms with van der Waals surface area (Å²) in [5.41, 5.74) is 5.19. The number of hydrogen-bond donors (Lipinski definition) is 5. The normalized spacial score (nSPS) is 10.1. The number of rotatable bonds is 4. The molecule has 12 N–H and O–H groups in total. The quantitative estimate of drug-likeness (QED) is 0.328. The van der Waals surface area contributed by atoms with Gasteiger partial charge in [0.2, 0.25) is 0 Å². The van der Waals surface area contributed by atoms with Crippen LogP contribution >= 0.6 is 11.8 Å². The van der Waals surface area contributed by atoms with E-state index in [1.165, 1.54) is 0 Å². The van der Waals surface area contributed by atoms with Gasteiger partial charge >= 0.3 is 5.97 Å². The Kier molecular flexibility index (Phi) is 28.4. The smallest absolute Gasteiger partial charge is 0.320 e. The molecule has 1 unspecified atom stereocenters. The van der Waals surface area contributed by atoms with Crippen molar-refractivity contribution in [3.8, 4) is 0 Å². The first-order valence-corrected chi connectivity index (χ1v) is 6.98. The van der Waals surface area contributed by atoms with E-state index in [0.717, 1.165) is 12.7 Å². The van der Waals surface area contributed by atoms with Gasteiger partial charge in [-0.2, -0.15) is 11.8 Å². The molecule has 0 bridgehead atoms. The minimum atomic E-state index is -5.17. The zero-order valence-corrected chi connectivity index (χ0v) is 13.4. The minimum absolute atomic E-state index is 0. The molecule has 0 radical (unpaired) electrons. The third-order valence-electron chi connectivity index (χ3n) is 0.950. The summed E-state index contributed by atoms with van der Waals surface area (Å²) in [7, 11) is -5.17. The van der Waals surface area contributed by atoms with E-state index in [4.69, 9.17) is 38.3 Å². The maximum absolute atomic E-state index is 10.1. The van der Waals surface area contributed by atoms with Crippen LogP contribution in [0.4, 0.5) is 0 Å². The van der Waals surface area contributed by atoms with Gasteiger partial charge in [0, 0.05) is 17.3 Å². The van der Waals surface area contributed by atoms with Gasteiger partial charge in [-0.1, -0.05) is 0 Å². The van der Waals surface area contributed by atoms with Gasteiger partial charge in [-0.25, -0.2) is 0 Å². The summed E-state index contributed by atoms with van der Waals surface area (Å²) in [4.78, 5) is 19.1. The van der Waals surface area contributed by atoms with Crippen molar-refractivity contribution in [2.45, 2.75) is 19.4 Å². The molecule has 13 heteroatoms. The Bertz CT molecular complexity index is 323. The average Bonchev–Trinajstić information content (AvgIpc) is 2.10. The molecular formula is C7H23N3O8S2. The highest BCUT2D eigenvalue weighted by Gasteiger charge is 2.08. The Balaban J connectivity index is -0.0000000591. The lowest BCUT2D eigenvalue weighted by atomic mass is 10.2. The lowest BCUT2D eigenvalue weighted by molar-refractivity contribution is -0.138. The number of thioether (sulfide) groups is 1. The number of hydrogen-bond acceptors (Lipinski definition) is 8. The third kappa shape index (κ3) is 88.5. The van der Waals surface area contributed by atoms with Crippen molar-refractivity contribution in [1.82, 2.24) is 12.3 Å². The summed E-state index contributed by atoms with van der Waals surface area (Å²) in [6.45, 7) is 1.08. The Morgan fingerprint density at radius 3 is 1.65 bits per heavy atom. The fourth-order valence-electron chi connectivity index (χ4n) is 0.368. The molecule has 0 aromatic heterocycles. The van der Waals surface area contributed by atoms with Gasteiger partial charge < -0.3 is 37.4 Å². The zero-order valence-electron chi connectivity index (χ0n) is 11.7.